The minimum atomic E-state index is -0.803. The molecule has 0 aromatic carbocycles. The first kappa shape index (κ1) is 16.3. The quantitative estimate of drug-likeness (QED) is 0.595. The largest absolute Gasteiger partial charge is 0.481 e. The Morgan fingerprint density at radius 2 is 2.42 bits per heavy atom. The highest BCUT2D eigenvalue weighted by molar-refractivity contribution is 6.49. The number of aliphatic imine (C=N–C) groups is 1. The molecule has 0 aliphatic heterocycles. The summed E-state index contributed by atoms with van der Waals surface area (Å²) in [5, 5.41) is 9.33. The maximum atomic E-state index is 10.8. The van der Waals surface area contributed by atoms with E-state index in [1.807, 2.05) is 25.2 Å². The Labute approximate surface area is 124 Å². The van der Waals surface area contributed by atoms with Crippen LogP contribution in [-0.4, -0.2) is 28.7 Å². The van der Waals surface area contributed by atoms with Crippen LogP contribution in [0.15, 0.2) is 28.3 Å². The van der Waals surface area contributed by atoms with Crippen molar-refractivity contribution in [2.24, 2.45) is 10.9 Å². The molecule has 0 amide bonds. The van der Waals surface area contributed by atoms with Gasteiger partial charge in [0.05, 0.1) is 22.5 Å². The van der Waals surface area contributed by atoms with Crippen LogP contribution in [0.5, 0.6) is 0 Å². The molecule has 3 nitrogen and oxygen atoms in total. The fourth-order valence-electron chi connectivity index (χ4n) is 1.95. The van der Waals surface area contributed by atoms with Gasteiger partial charge in [0.15, 0.2) is 0 Å². The number of nitrogens with zero attached hydrogens (tertiary/aromatic N) is 1. The third kappa shape index (κ3) is 5.79. The van der Waals surface area contributed by atoms with Gasteiger partial charge in [-0.1, -0.05) is 29.8 Å². The van der Waals surface area contributed by atoms with E-state index in [-0.39, 0.29) is 17.7 Å². The van der Waals surface area contributed by atoms with Gasteiger partial charge in [0.1, 0.15) is 0 Å². The Kier molecular flexibility index (Phi) is 7.17. The molecule has 2 unspecified atom stereocenters. The van der Waals surface area contributed by atoms with Gasteiger partial charge < -0.3 is 5.11 Å². The molecule has 1 N–H and O–H groups in total. The molecule has 0 saturated carbocycles. The molecule has 0 heterocycles. The van der Waals surface area contributed by atoms with E-state index in [1.54, 1.807) is 0 Å². The molecule has 0 aromatic heterocycles. The topological polar surface area (TPSA) is 49.7 Å². The molecule has 106 valence electrons. The third-order valence-electron chi connectivity index (χ3n) is 2.97. The molecule has 0 fully saturated rings. The van der Waals surface area contributed by atoms with Crippen molar-refractivity contribution in [3.05, 3.63) is 23.3 Å². The summed E-state index contributed by atoms with van der Waals surface area (Å²) in [4.78, 5) is 15.3. The summed E-state index contributed by atoms with van der Waals surface area (Å²) < 4.78 is 0. The standard InChI is InChI=1S/C14H19Cl2NO2/c1-2-3-5-10(8-13(18)19)9-17-14-11(15)6-4-7-12(14)16/h2-3,6,10,12H,4-5,7-9H2,1H3,(H,18,19). The Balaban J connectivity index is 2.69. The van der Waals surface area contributed by atoms with E-state index >= 15 is 0 Å². The van der Waals surface area contributed by atoms with E-state index in [0.29, 0.717) is 23.7 Å². The molecular weight excluding hydrogens is 285 g/mol. The van der Waals surface area contributed by atoms with Crippen molar-refractivity contribution in [1.29, 1.82) is 0 Å². The van der Waals surface area contributed by atoms with E-state index in [2.05, 4.69) is 4.99 Å². The van der Waals surface area contributed by atoms with Crippen LogP contribution in [0.2, 0.25) is 0 Å². The number of rotatable bonds is 6. The number of hydrogen-bond donors (Lipinski definition) is 1. The van der Waals surface area contributed by atoms with E-state index in [9.17, 15) is 4.79 Å². The first-order chi connectivity index (χ1) is 9.04. The van der Waals surface area contributed by atoms with Crippen LogP contribution in [0, 0.1) is 5.92 Å². The minimum Gasteiger partial charge on any atom is -0.481 e. The van der Waals surface area contributed by atoms with Gasteiger partial charge in [0.25, 0.3) is 0 Å². The maximum absolute atomic E-state index is 10.8. The van der Waals surface area contributed by atoms with Crippen LogP contribution in [-0.2, 0) is 4.79 Å². The predicted molar refractivity (Wildman–Crippen MR) is 80.3 cm³/mol. The number of carboxylic acids is 1. The van der Waals surface area contributed by atoms with Crippen molar-refractivity contribution in [3.8, 4) is 0 Å². The van der Waals surface area contributed by atoms with Crippen molar-refractivity contribution in [1.82, 2.24) is 0 Å². The number of hydrogen-bond acceptors (Lipinski definition) is 2. The zero-order chi connectivity index (χ0) is 14.3. The second-order valence-corrected chi connectivity index (χ2v) is 5.53. The summed E-state index contributed by atoms with van der Waals surface area (Å²) in [6.07, 6.45) is 8.29. The summed E-state index contributed by atoms with van der Waals surface area (Å²) in [5.74, 6) is -0.820. The van der Waals surface area contributed by atoms with Gasteiger partial charge in [-0.3, -0.25) is 9.79 Å². The van der Waals surface area contributed by atoms with Crippen molar-refractivity contribution >= 4 is 34.9 Å². The smallest absolute Gasteiger partial charge is 0.303 e. The van der Waals surface area contributed by atoms with Crippen molar-refractivity contribution < 1.29 is 9.90 Å². The SMILES string of the molecule is CC=CCC(CN=C1C(Cl)=CCCC1Cl)CC(=O)O. The van der Waals surface area contributed by atoms with E-state index in [0.717, 1.165) is 12.8 Å². The number of halogens is 2. The summed E-state index contributed by atoms with van der Waals surface area (Å²) in [6, 6.07) is 0. The molecule has 2 atom stereocenters. The molecule has 0 radical (unpaired) electrons. The molecular formula is C14H19Cl2NO2. The van der Waals surface area contributed by atoms with E-state index in [1.165, 1.54) is 0 Å². The van der Waals surface area contributed by atoms with Gasteiger partial charge in [-0.15, -0.1) is 11.6 Å². The first-order valence-electron chi connectivity index (χ1n) is 6.42. The maximum Gasteiger partial charge on any atom is 0.303 e. The first-order valence-corrected chi connectivity index (χ1v) is 7.23. The highest BCUT2D eigenvalue weighted by atomic mass is 35.5. The number of carboxylic acid groups (broad SMARTS) is 1. The van der Waals surface area contributed by atoms with Crippen molar-refractivity contribution in [2.75, 3.05) is 6.54 Å². The van der Waals surface area contributed by atoms with Crippen LogP contribution in [0.1, 0.15) is 32.6 Å². The lowest BCUT2D eigenvalue weighted by molar-refractivity contribution is -0.138. The van der Waals surface area contributed by atoms with Gasteiger partial charge in [-0.05, 0) is 32.1 Å². The zero-order valence-corrected chi connectivity index (χ0v) is 12.5. The summed E-state index contributed by atoms with van der Waals surface area (Å²) in [6.45, 7) is 2.36. The minimum absolute atomic E-state index is 0.0172. The lowest BCUT2D eigenvalue weighted by Crippen LogP contribution is -2.20. The Hall–Kier alpha value is -0.800. The van der Waals surface area contributed by atoms with Crippen LogP contribution in [0.4, 0.5) is 0 Å². The van der Waals surface area contributed by atoms with E-state index < -0.39 is 5.97 Å². The lowest BCUT2D eigenvalue weighted by atomic mass is 10.0. The molecule has 1 aliphatic rings. The van der Waals surface area contributed by atoms with Gasteiger partial charge in [0, 0.05) is 6.54 Å². The van der Waals surface area contributed by atoms with Gasteiger partial charge in [-0.25, -0.2) is 0 Å². The Morgan fingerprint density at radius 3 is 3.00 bits per heavy atom. The molecule has 0 saturated heterocycles. The number of allylic oxidation sites excluding steroid dienone is 4. The van der Waals surface area contributed by atoms with Gasteiger partial charge in [-0.2, -0.15) is 0 Å². The molecule has 1 rings (SSSR count). The molecule has 0 spiro atoms. The van der Waals surface area contributed by atoms with Gasteiger partial charge in [0.2, 0.25) is 0 Å². The summed E-state index contributed by atoms with van der Waals surface area (Å²) >= 11 is 12.3. The van der Waals surface area contributed by atoms with Crippen LogP contribution in [0.25, 0.3) is 0 Å². The second-order valence-electron chi connectivity index (χ2n) is 4.59. The number of carbonyl (C=O) groups is 1. The zero-order valence-electron chi connectivity index (χ0n) is 11.0. The van der Waals surface area contributed by atoms with E-state index in [4.69, 9.17) is 28.3 Å². The number of aliphatic carboxylic acids is 1. The highest BCUT2D eigenvalue weighted by Crippen LogP contribution is 2.24. The van der Waals surface area contributed by atoms with Crippen molar-refractivity contribution in [2.45, 2.75) is 38.0 Å². The highest BCUT2D eigenvalue weighted by Gasteiger charge is 2.20. The molecule has 5 heteroatoms. The normalized spacial score (nSPS) is 23.6. The Morgan fingerprint density at radius 1 is 1.68 bits per heavy atom. The summed E-state index contributed by atoms with van der Waals surface area (Å²) in [5.41, 5.74) is 0.699. The molecule has 0 bridgehead atoms. The second kappa shape index (κ2) is 8.39. The van der Waals surface area contributed by atoms with Crippen molar-refractivity contribution in [3.63, 3.8) is 0 Å². The van der Waals surface area contributed by atoms with Crippen LogP contribution < -0.4 is 0 Å². The molecule has 0 aromatic rings. The summed E-state index contributed by atoms with van der Waals surface area (Å²) in [7, 11) is 0. The Bertz CT molecular complexity index is 402. The van der Waals surface area contributed by atoms with Crippen LogP contribution in [0.3, 0.4) is 0 Å². The van der Waals surface area contributed by atoms with Crippen LogP contribution >= 0.6 is 23.2 Å². The predicted octanol–water partition coefficient (Wildman–Crippen LogP) is 4.01. The lowest BCUT2D eigenvalue weighted by Gasteiger charge is -2.18. The van der Waals surface area contributed by atoms with Gasteiger partial charge >= 0.3 is 5.97 Å². The third-order valence-corrected chi connectivity index (χ3v) is 3.75. The molecule has 1 aliphatic carbocycles. The average Bonchev–Trinajstić information content (AvgIpc) is 2.34. The fourth-order valence-corrected chi connectivity index (χ4v) is 2.62. The monoisotopic (exact) mass is 303 g/mol. The molecule has 19 heavy (non-hydrogen) atoms. The average molecular weight is 304 g/mol. The fraction of sp³-hybridized carbons (Fsp3) is 0.571. The number of alkyl halides is 1.